The number of hydrazine groups is 1. The van der Waals surface area contributed by atoms with Crippen molar-refractivity contribution in [3.63, 3.8) is 0 Å². The number of benzene rings is 3. The van der Waals surface area contributed by atoms with E-state index in [2.05, 4.69) is 15.8 Å². The smallest absolute Gasteiger partial charge is 0.268 e. The van der Waals surface area contributed by atoms with Crippen molar-refractivity contribution in [2.24, 2.45) is 0 Å². The zero-order chi connectivity index (χ0) is 22.0. The number of hydrogen-bond donors (Lipinski definition) is 2. The lowest BCUT2D eigenvalue weighted by Gasteiger charge is -2.12. The van der Waals surface area contributed by atoms with Crippen LogP contribution < -0.4 is 16.4 Å². The summed E-state index contributed by atoms with van der Waals surface area (Å²) in [5, 5.41) is 1.02. The molecule has 0 aliphatic rings. The molecule has 4 rings (SSSR count). The highest BCUT2D eigenvalue weighted by Crippen LogP contribution is 2.14. The molecule has 0 radical (unpaired) electrons. The van der Waals surface area contributed by atoms with Gasteiger partial charge in [0.15, 0.2) is 0 Å². The molecular formula is C23H17ClN4O3. The molecule has 3 aromatic carbocycles. The van der Waals surface area contributed by atoms with Crippen LogP contribution in [0.15, 0.2) is 77.6 Å². The van der Waals surface area contributed by atoms with Crippen LogP contribution in [0, 0.1) is 6.92 Å². The fourth-order valence-corrected chi connectivity index (χ4v) is 3.29. The molecule has 0 unspecified atom stereocenters. The van der Waals surface area contributed by atoms with Gasteiger partial charge in [-0.1, -0.05) is 23.7 Å². The summed E-state index contributed by atoms with van der Waals surface area (Å²) in [7, 11) is 0. The number of carbonyl (C=O) groups is 2. The van der Waals surface area contributed by atoms with Gasteiger partial charge >= 0.3 is 0 Å². The number of fused-ring (bicyclic) bond motifs is 1. The van der Waals surface area contributed by atoms with E-state index in [1.54, 1.807) is 73.7 Å². The Bertz CT molecular complexity index is 1350. The Morgan fingerprint density at radius 3 is 2.00 bits per heavy atom. The molecule has 0 atom stereocenters. The van der Waals surface area contributed by atoms with Gasteiger partial charge in [0.1, 0.15) is 5.82 Å². The summed E-state index contributed by atoms with van der Waals surface area (Å²) in [4.78, 5) is 41.8. The molecule has 0 aliphatic heterocycles. The highest BCUT2D eigenvalue weighted by Gasteiger charge is 2.12. The molecule has 0 saturated heterocycles. The summed E-state index contributed by atoms with van der Waals surface area (Å²) in [6.45, 7) is 1.75. The molecule has 0 bridgehead atoms. The summed E-state index contributed by atoms with van der Waals surface area (Å²) >= 11 is 5.80. The maximum atomic E-state index is 12.9. The van der Waals surface area contributed by atoms with Gasteiger partial charge in [0.05, 0.1) is 16.6 Å². The van der Waals surface area contributed by atoms with E-state index in [9.17, 15) is 14.4 Å². The zero-order valence-corrected chi connectivity index (χ0v) is 17.2. The molecule has 8 heteroatoms. The van der Waals surface area contributed by atoms with E-state index < -0.39 is 11.8 Å². The number of aromatic nitrogens is 2. The SMILES string of the molecule is Cc1nc2ccccc2c(=O)n1-c1ccc(C(=O)NNC(=O)c2ccc(Cl)cc2)cc1. The van der Waals surface area contributed by atoms with Crippen LogP contribution in [0.3, 0.4) is 0 Å². The van der Waals surface area contributed by atoms with Crippen LogP contribution >= 0.6 is 11.6 Å². The number of aryl methyl sites for hydroxylation is 1. The third-order valence-corrected chi connectivity index (χ3v) is 4.98. The van der Waals surface area contributed by atoms with Gasteiger partial charge in [-0.05, 0) is 67.6 Å². The van der Waals surface area contributed by atoms with Gasteiger partial charge in [-0.3, -0.25) is 29.8 Å². The first-order valence-corrected chi connectivity index (χ1v) is 9.77. The molecule has 2 amide bonds. The summed E-state index contributed by atoms with van der Waals surface area (Å²) in [5.41, 5.74) is 6.43. The van der Waals surface area contributed by atoms with Crippen molar-refractivity contribution in [1.82, 2.24) is 20.4 Å². The van der Waals surface area contributed by atoms with E-state index in [1.807, 2.05) is 6.07 Å². The van der Waals surface area contributed by atoms with Crippen molar-refractivity contribution in [3.8, 4) is 5.69 Å². The van der Waals surface area contributed by atoms with E-state index in [4.69, 9.17) is 11.6 Å². The van der Waals surface area contributed by atoms with E-state index >= 15 is 0 Å². The second-order valence-electron chi connectivity index (χ2n) is 6.78. The summed E-state index contributed by atoms with van der Waals surface area (Å²) in [6.07, 6.45) is 0. The van der Waals surface area contributed by atoms with Gasteiger partial charge in [-0.15, -0.1) is 0 Å². The number of rotatable bonds is 3. The van der Waals surface area contributed by atoms with Gasteiger partial charge in [-0.25, -0.2) is 4.98 Å². The molecule has 0 aliphatic carbocycles. The number of nitrogens with zero attached hydrogens (tertiary/aromatic N) is 2. The second kappa shape index (κ2) is 8.41. The van der Waals surface area contributed by atoms with Crippen LogP contribution in [0.25, 0.3) is 16.6 Å². The lowest BCUT2D eigenvalue weighted by molar-refractivity contribution is 0.0846. The molecule has 7 nitrogen and oxygen atoms in total. The monoisotopic (exact) mass is 432 g/mol. The standard InChI is InChI=1S/C23H17ClN4O3/c1-14-25-20-5-3-2-4-19(20)23(31)28(14)18-12-8-16(9-13-18)22(30)27-26-21(29)15-6-10-17(24)11-7-15/h2-13H,1H3,(H,26,29)(H,27,30). The summed E-state index contributed by atoms with van der Waals surface area (Å²) in [5.74, 6) is -0.420. The Morgan fingerprint density at radius 1 is 0.839 bits per heavy atom. The highest BCUT2D eigenvalue weighted by molar-refractivity contribution is 6.30. The number of para-hydroxylation sites is 1. The molecule has 154 valence electrons. The minimum absolute atomic E-state index is 0.185. The highest BCUT2D eigenvalue weighted by atomic mass is 35.5. The van der Waals surface area contributed by atoms with Gasteiger partial charge in [0, 0.05) is 16.1 Å². The van der Waals surface area contributed by atoms with Gasteiger partial charge in [-0.2, -0.15) is 0 Å². The number of halogens is 1. The minimum Gasteiger partial charge on any atom is -0.268 e. The first-order chi connectivity index (χ1) is 14.9. The zero-order valence-electron chi connectivity index (χ0n) is 16.4. The maximum Gasteiger partial charge on any atom is 0.269 e. The van der Waals surface area contributed by atoms with Gasteiger partial charge in [0.25, 0.3) is 17.4 Å². The molecule has 31 heavy (non-hydrogen) atoms. The third-order valence-electron chi connectivity index (χ3n) is 4.73. The Hall–Kier alpha value is -3.97. The van der Waals surface area contributed by atoms with Crippen LogP contribution in [0.5, 0.6) is 0 Å². The fourth-order valence-electron chi connectivity index (χ4n) is 3.17. The molecule has 1 heterocycles. The Balaban J connectivity index is 1.51. The number of hydrogen-bond acceptors (Lipinski definition) is 4. The molecule has 4 aromatic rings. The molecular weight excluding hydrogens is 416 g/mol. The topological polar surface area (TPSA) is 93.1 Å². The maximum absolute atomic E-state index is 12.9. The first-order valence-electron chi connectivity index (χ1n) is 9.39. The summed E-state index contributed by atoms with van der Waals surface area (Å²) < 4.78 is 1.49. The Labute approximate surface area is 182 Å². The number of nitrogens with one attached hydrogen (secondary N) is 2. The Morgan fingerprint density at radius 2 is 1.39 bits per heavy atom. The molecule has 0 saturated carbocycles. The first kappa shape index (κ1) is 20.3. The second-order valence-corrected chi connectivity index (χ2v) is 7.22. The van der Waals surface area contributed by atoms with E-state index in [1.165, 1.54) is 4.57 Å². The third kappa shape index (κ3) is 4.17. The van der Waals surface area contributed by atoms with Crippen LogP contribution in [-0.2, 0) is 0 Å². The predicted molar refractivity (Wildman–Crippen MR) is 118 cm³/mol. The lowest BCUT2D eigenvalue weighted by Crippen LogP contribution is -2.41. The number of carbonyl (C=O) groups excluding carboxylic acids is 2. The van der Waals surface area contributed by atoms with Gasteiger partial charge in [0.2, 0.25) is 0 Å². The molecule has 2 N–H and O–H groups in total. The van der Waals surface area contributed by atoms with Crippen molar-refractivity contribution in [1.29, 1.82) is 0 Å². The van der Waals surface area contributed by atoms with Crippen LogP contribution in [0.1, 0.15) is 26.5 Å². The van der Waals surface area contributed by atoms with Crippen molar-refractivity contribution in [2.75, 3.05) is 0 Å². The van der Waals surface area contributed by atoms with Crippen LogP contribution in [0.2, 0.25) is 5.02 Å². The average Bonchev–Trinajstić information content (AvgIpc) is 2.78. The Kier molecular flexibility index (Phi) is 5.51. The quantitative estimate of drug-likeness (QED) is 0.485. The molecule has 0 fully saturated rings. The van der Waals surface area contributed by atoms with Crippen molar-refractivity contribution >= 4 is 34.3 Å². The normalized spacial score (nSPS) is 10.6. The van der Waals surface area contributed by atoms with Crippen LogP contribution in [0.4, 0.5) is 0 Å². The largest absolute Gasteiger partial charge is 0.269 e. The van der Waals surface area contributed by atoms with E-state index in [0.717, 1.165) is 0 Å². The number of amides is 2. The van der Waals surface area contributed by atoms with E-state index in [0.29, 0.717) is 38.6 Å². The van der Waals surface area contributed by atoms with Crippen molar-refractivity contribution < 1.29 is 9.59 Å². The lowest BCUT2D eigenvalue weighted by atomic mass is 10.2. The van der Waals surface area contributed by atoms with Gasteiger partial charge < -0.3 is 0 Å². The van der Waals surface area contributed by atoms with Crippen molar-refractivity contribution in [2.45, 2.75) is 6.92 Å². The molecule has 1 aromatic heterocycles. The van der Waals surface area contributed by atoms with Crippen LogP contribution in [-0.4, -0.2) is 21.4 Å². The molecule has 0 spiro atoms. The average molecular weight is 433 g/mol. The van der Waals surface area contributed by atoms with E-state index in [-0.39, 0.29) is 5.56 Å². The minimum atomic E-state index is -0.491. The predicted octanol–water partition coefficient (Wildman–Crippen LogP) is 3.42. The fraction of sp³-hybridized carbons (Fsp3) is 0.0435. The van der Waals surface area contributed by atoms with Crippen molar-refractivity contribution in [3.05, 3.63) is 105 Å². The summed E-state index contributed by atoms with van der Waals surface area (Å²) in [6, 6.07) is 19.9.